The molecule has 0 atom stereocenters. The number of rotatable bonds is 3. The first-order valence-electron chi connectivity index (χ1n) is 7.41. The lowest BCUT2D eigenvalue weighted by atomic mass is 10.1. The van der Waals surface area contributed by atoms with E-state index in [0.717, 1.165) is 6.07 Å². The third-order valence-corrected chi connectivity index (χ3v) is 3.67. The van der Waals surface area contributed by atoms with Crippen molar-refractivity contribution in [3.8, 4) is 11.5 Å². The smallest absolute Gasteiger partial charge is 0.255 e. The summed E-state index contributed by atoms with van der Waals surface area (Å²) in [4.78, 5) is 23.5. The molecule has 0 saturated carbocycles. The number of amides is 2. The highest BCUT2D eigenvalue weighted by Gasteiger charge is 2.19. The van der Waals surface area contributed by atoms with Gasteiger partial charge in [0.2, 0.25) is 5.91 Å². The SMILES string of the molecule is CC(=O)Nc1cc(NC(=O)c2cc(Cl)c3c(c2)OCCO3)ccc1F. The van der Waals surface area contributed by atoms with Crippen LogP contribution in [0.5, 0.6) is 11.5 Å². The zero-order chi connectivity index (χ0) is 18.0. The minimum atomic E-state index is -0.601. The van der Waals surface area contributed by atoms with Gasteiger partial charge in [0.15, 0.2) is 11.5 Å². The van der Waals surface area contributed by atoms with E-state index in [1.807, 2.05) is 0 Å². The fourth-order valence-electron chi connectivity index (χ4n) is 2.33. The molecule has 2 aromatic rings. The van der Waals surface area contributed by atoms with E-state index in [-0.39, 0.29) is 16.3 Å². The standard InChI is InChI=1S/C17H14ClFN2O4/c1-9(22)20-14-8-11(2-3-13(14)19)21-17(23)10-6-12(18)16-15(7-10)24-4-5-25-16/h2-3,6-8H,4-5H2,1H3,(H,20,22)(H,21,23). The van der Waals surface area contributed by atoms with Crippen LogP contribution in [0.4, 0.5) is 15.8 Å². The van der Waals surface area contributed by atoms with Crippen LogP contribution >= 0.6 is 11.6 Å². The number of hydrogen-bond acceptors (Lipinski definition) is 4. The Morgan fingerprint density at radius 1 is 1.12 bits per heavy atom. The topological polar surface area (TPSA) is 76.7 Å². The van der Waals surface area contributed by atoms with Crippen LogP contribution in [0.15, 0.2) is 30.3 Å². The molecule has 0 spiro atoms. The summed E-state index contributed by atoms with van der Waals surface area (Å²) in [6, 6.07) is 6.85. The molecule has 2 aromatic carbocycles. The van der Waals surface area contributed by atoms with Crippen LogP contribution < -0.4 is 20.1 Å². The van der Waals surface area contributed by atoms with Crippen molar-refractivity contribution in [2.75, 3.05) is 23.8 Å². The van der Waals surface area contributed by atoms with Gasteiger partial charge in [-0.3, -0.25) is 9.59 Å². The van der Waals surface area contributed by atoms with Crippen LogP contribution in [0.1, 0.15) is 17.3 Å². The van der Waals surface area contributed by atoms with Crippen molar-refractivity contribution in [1.82, 2.24) is 0 Å². The van der Waals surface area contributed by atoms with Crippen molar-refractivity contribution < 1.29 is 23.5 Å². The summed E-state index contributed by atoms with van der Waals surface area (Å²) < 4.78 is 24.5. The highest BCUT2D eigenvalue weighted by Crippen LogP contribution is 2.38. The largest absolute Gasteiger partial charge is 0.486 e. The van der Waals surface area contributed by atoms with E-state index >= 15 is 0 Å². The molecule has 2 amide bonds. The van der Waals surface area contributed by atoms with E-state index in [1.54, 1.807) is 0 Å². The van der Waals surface area contributed by atoms with Gasteiger partial charge in [0, 0.05) is 18.2 Å². The third kappa shape index (κ3) is 3.83. The predicted molar refractivity (Wildman–Crippen MR) is 91.1 cm³/mol. The van der Waals surface area contributed by atoms with Crippen LogP contribution in [-0.4, -0.2) is 25.0 Å². The Kier molecular flexibility index (Phi) is 4.76. The summed E-state index contributed by atoms with van der Waals surface area (Å²) in [6.45, 7) is 2.02. The summed E-state index contributed by atoms with van der Waals surface area (Å²) in [6.07, 6.45) is 0. The number of nitrogens with one attached hydrogen (secondary N) is 2. The van der Waals surface area contributed by atoms with Crippen LogP contribution in [0.2, 0.25) is 5.02 Å². The molecule has 1 heterocycles. The first-order valence-corrected chi connectivity index (χ1v) is 7.79. The van der Waals surface area contributed by atoms with Gasteiger partial charge in [-0.25, -0.2) is 4.39 Å². The fraction of sp³-hybridized carbons (Fsp3) is 0.176. The maximum atomic E-state index is 13.7. The monoisotopic (exact) mass is 364 g/mol. The van der Waals surface area contributed by atoms with Gasteiger partial charge in [0.25, 0.3) is 5.91 Å². The second kappa shape index (κ2) is 6.98. The van der Waals surface area contributed by atoms with Gasteiger partial charge in [0.1, 0.15) is 19.0 Å². The molecule has 0 unspecified atom stereocenters. The zero-order valence-electron chi connectivity index (χ0n) is 13.2. The molecular formula is C17H14ClFN2O4. The normalized spacial score (nSPS) is 12.4. The highest BCUT2D eigenvalue weighted by atomic mass is 35.5. The highest BCUT2D eigenvalue weighted by molar-refractivity contribution is 6.32. The first kappa shape index (κ1) is 17.0. The lowest BCUT2D eigenvalue weighted by molar-refractivity contribution is -0.114. The van der Waals surface area contributed by atoms with Gasteiger partial charge in [-0.1, -0.05) is 11.6 Å². The van der Waals surface area contributed by atoms with Gasteiger partial charge in [-0.2, -0.15) is 0 Å². The average Bonchev–Trinajstić information content (AvgIpc) is 2.57. The molecule has 6 nitrogen and oxygen atoms in total. The Balaban J connectivity index is 1.83. The molecule has 130 valence electrons. The molecule has 0 radical (unpaired) electrons. The summed E-state index contributed by atoms with van der Waals surface area (Å²) in [5.74, 6) is -0.683. The Morgan fingerprint density at radius 3 is 2.64 bits per heavy atom. The first-order chi connectivity index (χ1) is 11.9. The van der Waals surface area contributed by atoms with Gasteiger partial charge in [-0.05, 0) is 30.3 Å². The van der Waals surface area contributed by atoms with Crippen molar-refractivity contribution >= 4 is 34.8 Å². The number of fused-ring (bicyclic) bond motifs is 1. The van der Waals surface area contributed by atoms with Gasteiger partial charge in [0.05, 0.1) is 10.7 Å². The lowest BCUT2D eigenvalue weighted by Gasteiger charge is -2.20. The Labute approximate surface area is 147 Å². The molecule has 0 fully saturated rings. The van der Waals surface area contributed by atoms with E-state index in [1.165, 1.54) is 31.2 Å². The molecular weight excluding hydrogens is 351 g/mol. The molecule has 0 saturated heterocycles. The number of anilines is 2. The van der Waals surface area contributed by atoms with E-state index in [9.17, 15) is 14.0 Å². The minimum absolute atomic E-state index is 0.0227. The average molecular weight is 365 g/mol. The number of carbonyl (C=O) groups is 2. The third-order valence-electron chi connectivity index (χ3n) is 3.39. The van der Waals surface area contributed by atoms with Crippen LogP contribution in [-0.2, 0) is 4.79 Å². The number of carbonyl (C=O) groups excluding carboxylic acids is 2. The molecule has 1 aliphatic heterocycles. The number of ether oxygens (including phenoxy) is 2. The molecule has 25 heavy (non-hydrogen) atoms. The van der Waals surface area contributed by atoms with Crippen molar-refractivity contribution in [3.63, 3.8) is 0 Å². The Bertz CT molecular complexity index is 857. The maximum absolute atomic E-state index is 13.7. The second-order valence-electron chi connectivity index (χ2n) is 5.31. The summed E-state index contributed by atoms with van der Waals surface area (Å²) in [5.41, 5.74) is 0.561. The Morgan fingerprint density at radius 2 is 1.88 bits per heavy atom. The van der Waals surface area contributed by atoms with Gasteiger partial charge in [-0.15, -0.1) is 0 Å². The molecule has 0 aromatic heterocycles. The van der Waals surface area contributed by atoms with Crippen molar-refractivity contribution in [2.45, 2.75) is 6.92 Å². The molecule has 1 aliphatic rings. The van der Waals surface area contributed by atoms with Gasteiger partial charge >= 0.3 is 0 Å². The zero-order valence-corrected chi connectivity index (χ0v) is 13.9. The number of benzene rings is 2. The summed E-state index contributed by atoms with van der Waals surface area (Å²) in [7, 11) is 0. The number of hydrogen-bond donors (Lipinski definition) is 2. The van der Waals surface area contributed by atoms with E-state index < -0.39 is 17.6 Å². The van der Waals surface area contributed by atoms with Crippen LogP contribution in [0, 0.1) is 5.82 Å². The lowest BCUT2D eigenvalue weighted by Crippen LogP contribution is -2.18. The van der Waals surface area contributed by atoms with E-state index in [2.05, 4.69) is 10.6 Å². The molecule has 3 rings (SSSR count). The summed E-state index contributed by atoms with van der Waals surface area (Å²) in [5, 5.41) is 5.24. The van der Waals surface area contributed by atoms with Gasteiger partial charge < -0.3 is 20.1 Å². The fourth-order valence-corrected chi connectivity index (χ4v) is 2.60. The Hall–Kier alpha value is -2.80. The van der Waals surface area contributed by atoms with E-state index in [4.69, 9.17) is 21.1 Å². The molecule has 8 heteroatoms. The van der Waals surface area contributed by atoms with Crippen molar-refractivity contribution in [3.05, 3.63) is 46.7 Å². The number of halogens is 2. The van der Waals surface area contributed by atoms with Crippen molar-refractivity contribution in [2.24, 2.45) is 0 Å². The summed E-state index contributed by atoms with van der Waals surface area (Å²) >= 11 is 6.12. The van der Waals surface area contributed by atoms with E-state index in [0.29, 0.717) is 30.4 Å². The van der Waals surface area contributed by atoms with Crippen LogP contribution in [0.25, 0.3) is 0 Å². The predicted octanol–water partition coefficient (Wildman–Crippen LogP) is 3.46. The quantitative estimate of drug-likeness (QED) is 0.874. The minimum Gasteiger partial charge on any atom is -0.486 e. The maximum Gasteiger partial charge on any atom is 0.255 e. The molecule has 0 bridgehead atoms. The molecule has 0 aliphatic carbocycles. The molecule has 2 N–H and O–H groups in total. The van der Waals surface area contributed by atoms with Crippen LogP contribution in [0.3, 0.4) is 0 Å². The van der Waals surface area contributed by atoms with Crippen molar-refractivity contribution in [1.29, 1.82) is 0 Å². The second-order valence-corrected chi connectivity index (χ2v) is 5.72.